The maximum absolute atomic E-state index is 12.3. The average molecular weight is 378 g/mol. The highest BCUT2D eigenvalue weighted by Crippen LogP contribution is 2.39. The fraction of sp³-hybridized carbons (Fsp3) is 0.188. The third-order valence-electron chi connectivity index (χ3n) is 3.44. The fourth-order valence-electron chi connectivity index (χ4n) is 2.68. The molecule has 1 amide bonds. The number of nitrogens with one attached hydrogen (secondary N) is 1. The normalized spacial score (nSPS) is 12.2. The van der Waals surface area contributed by atoms with Crippen LogP contribution >= 0.6 is 22.6 Å². The molecule has 3 nitrogen and oxygen atoms in total. The molecule has 0 aliphatic heterocycles. The molecule has 0 fully saturated rings. The van der Waals surface area contributed by atoms with Crippen LogP contribution in [0.5, 0.6) is 0 Å². The molecule has 0 spiro atoms. The highest BCUT2D eigenvalue weighted by Gasteiger charge is 2.24. The minimum atomic E-state index is -0.0572. The Balaban J connectivity index is 2.12. The first-order valence-electron chi connectivity index (χ1n) is 6.45. The van der Waals surface area contributed by atoms with E-state index in [1.54, 1.807) is 5.01 Å². The molecule has 3 rings (SSSR count). The van der Waals surface area contributed by atoms with Gasteiger partial charge in [-0.15, -0.1) is 0 Å². The van der Waals surface area contributed by atoms with Crippen molar-refractivity contribution in [2.75, 3.05) is 14.1 Å². The lowest BCUT2D eigenvalue weighted by atomic mass is 9.99. The first-order valence-corrected chi connectivity index (χ1v) is 7.53. The number of fused-ring (bicyclic) bond motifs is 3. The Morgan fingerprint density at radius 2 is 2.00 bits per heavy atom. The Bertz CT molecular complexity index is 695. The van der Waals surface area contributed by atoms with E-state index in [4.69, 9.17) is 0 Å². The molecule has 102 valence electrons. The van der Waals surface area contributed by atoms with Gasteiger partial charge in [0.05, 0.1) is 0 Å². The topological polar surface area (TPSA) is 32.3 Å². The van der Waals surface area contributed by atoms with Crippen LogP contribution in [0.25, 0.3) is 11.1 Å². The van der Waals surface area contributed by atoms with E-state index in [-0.39, 0.29) is 5.91 Å². The van der Waals surface area contributed by atoms with Gasteiger partial charge in [-0.2, -0.15) is 0 Å². The fourth-order valence-corrected chi connectivity index (χ4v) is 3.23. The van der Waals surface area contributed by atoms with E-state index in [2.05, 4.69) is 52.3 Å². The van der Waals surface area contributed by atoms with Gasteiger partial charge in [-0.25, -0.2) is 5.01 Å². The van der Waals surface area contributed by atoms with Gasteiger partial charge in [0.15, 0.2) is 0 Å². The number of rotatable bonds is 2. The maximum atomic E-state index is 12.3. The molecule has 0 radical (unpaired) electrons. The molecule has 0 saturated heterocycles. The predicted molar refractivity (Wildman–Crippen MR) is 88.6 cm³/mol. The lowest BCUT2D eigenvalue weighted by Gasteiger charge is -2.14. The summed E-state index contributed by atoms with van der Waals surface area (Å²) in [5.74, 6) is -0.0572. The number of carbonyl (C=O) groups is 1. The zero-order valence-electron chi connectivity index (χ0n) is 11.4. The molecule has 1 N–H and O–H groups in total. The van der Waals surface area contributed by atoms with Gasteiger partial charge < -0.3 is 0 Å². The number of amides is 1. The number of halogens is 1. The maximum Gasteiger partial charge on any atom is 0.266 e. The van der Waals surface area contributed by atoms with E-state index in [1.807, 2.05) is 26.2 Å². The first kappa shape index (κ1) is 13.6. The van der Waals surface area contributed by atoms with Crippen LogP contribution in [0.2, 0.25) is 0 Å². The quantitative estimate of drug-likeness (QED) is 0.549. The number of carbonyl (C=O) groups excluding carboxylic acids is 1. The van der Waals surface area contributed by atoms with Gasteiger partial charge >= 0.3 is 0 Å². The van der Waals surface area contributed by atoms with Gasteiger partial charge in [-0.05, 0) is 69.5 Å². The third kappa shape index (κ3) is 2.33. The molecule has 0 bridgehead atoms. The minimum Gasteiger partial charge on any atom is -0.285 e. The average Bonchev–Trinajstić information content (AvgIpc) is 2.74. The first-order chi connectivity index (χ1) is 9.56. The lowest BCUT2D eigenvalue weighted by Crippen LogP contribution is -2.36. The van der Waals surface area contributed by atoms with Crippen LogP contribution in [0.4, 0.5) is 0 Å². The number of hydrogen-bond donors (Lipinski definition) is 1. The highest BCUT2D eigenvalue weighted by molar-refractivity contribution is 14.1. The Kier molecular flexibility index (Phi) is 3.52. The van der Waals surface area contributed by atoms with Crippen molar-refractivity contribution < 1.29 is 4.79 Å². The molecule has 0 unspecified atom stereocenters. The van der Waals surface area contributed by atoms with Gasteiger partial charge in [0.2, 0.25) is 0 Å². The monoisotopic (exact) mass is 378 g/mol. The minimum absolute atomic E-state index is 0.0572. The van der Waals surface area contributed by atoms with Gasteiger partial charge in [0.1, 0.15) is 0 Å². The van der Waals surface area contributed by atoms with Crippen molar-refractivity contribution in [2.45, 2.75) is 6.42 Å². The summed E-state index contributed by atoms with van der Waals surface area (Å²) in [6.07, 6.45) is 0.907. The summed E-state index contributed by atoms with van der Waals surface area (Å²) >= 11 is 2.32. The SMILES string of the molecule is CN(C)NC(=O)c1cccc2c1-c1ccc(I)cc1C2. The van der Waals surface area contributed by atoms with Gasteiger partial charge in [-0.3, -0.25) is 10.2 Å². The number of hydrazine groups is 1. The van der Waals surface area contributed by atoms with Crippen molar-refractivity contribution >= 4 is 28.5 Å². The highest BCUT2D eigenvalue weighted by atomic mass is 127. The number of nitrogens with zero attached hydrogens (tertiary/aromatic N) is 1. The van der Waals surface area contributed by atoms with Crippen molar-refractivity contribution in [3.63, 3.8) is 0 Å². The largest absolute Gasteiger partial charge is 0.285 e. The van der Waals surface area contributed by atoms with Crippen molar-refractivity contribution in [2.24, 2.45) is 0 Å². The van der Waals surface area contributed by atoms with Crippen LogP contribution in [0.1, 0.15) is 21.5 Å². The standard InChI is InChI=1S/C16H15IN2O/c1-19(2)18-16(20)14-5-3-4-10-8-11-9-12(17)6-7-13(11)15(10)14/h3-7,9H,8H2,1-2H3,(H,18,20). The summed E-state index contributed by atoms with van der Waals surface area (Å²) < 4.78 is 1.23. The Morgan fingerprint density at radius 3 is 2.75 bits per heavy atom. The molecule has 1 aliphatic carbocycles. The van der Waals surface area contributed by atoms with E-state index < -0.39 is 0 Å². The van der Waals surface area contributed by atoms with Crippen LogP contribution in [0.3, 0.4) is 0 Å². The smallest absolute Gasteiger partial charge is 0.266 e. The molecule has 0 atom stereocenters. The van der Waals surface area contributed by atoms with Crippen LogP contribution in [-0.2, 0) is 6.42 Å². The van der Waals surface area contributed by atoms with Gasteiger partial charge in [0, 0.05) is 23.2 Å². The van der Waals surface area contributed by atoms with E-state index >= 15 is 0 Å². The van der Waals surface area contributed by atoms with Crippen molar-refractivity contribution in [1.29, 1.82) is 0 Å². The van der Waals surface area contributed by atoms with Crippen molar-refractivity contribution in [3.05, 3.63) is 56.7 Å². The van der Waals surface area contributed by atoms with Crippen molar-refractivity contribution in [1.82, 2.24) is 10.4 Å². The zero-order chi connectivity index (χ0) is 14.3. The van der Waals surface area contributed by atoms with E-state index in [9.17, 15) is 4.79 Å². The predicted octanol–water partition coefficient (Wildman–Crippen LogP) is 3.07. The second-order valence-corrected chi connectivity index (χ2v) is 6.40. The Labute approximate surface area is 132 Å². The Morgan fingerprint density at radius 1 is 1.20 bits per heavy atom. The van der Waals surface area contributed by atoms with Crippen molar-refractivity contribution in [3.8, 4) is 11.1 Å². The number of benzene rings is 2. The third-order valence-corrected chi connectivity index (χ3v) is 4.11. The second-order valence-electron chi connectivity index (χ2n) is 5.15. The summed E-state index contributed by atoms with van der Waals surface area (Å²) in [6, 6.07) is 12.4. The summed E-state index contributed by atoms with van der Waals surface area (Å²) in [4.78, 5) is 12.3. The van der Waals surface area contributed by atoms with Gasteiger partial charge in [0.25, 0.3) is 5.91 Å². The molecule has 0 heterocycles. The summed E-state index contributed by atoms with van der Waals surface area (Å²) in [7, 11) is 3.63. The molecule has 20 heavy (non-hydrogen) atoms. The van der Waals surface area contributed by atoms with E-state index in [0.717, 1.165) is 17.5 Å². The summed E-state index contributed by atoms with van der Waals surface area (Å²) in [6.45, 7) is 0. The lowest BCUT2D eigenvalue weighted by molar-refractivity contribution is 0.0857. The summed E-state index contributed by atoms with van der Waals surface area (Å²) in [5.41, 5.74) is 8.37. The molecular formula is C16H15IN2O. The van der Waals surface area contributed by atoms with Crippen LogP contribution in [0.15, 0.2) is 36.4 Å². The van der Waals surface area contributed by atoms with Crippen LogP contribution < -0.4 is 5.43 Å². The molecule has 0 saturated carbocycles. The van der Waals surface area contributed by atoms with E-state index in [1.165, 1.54) is 20.3 Å². The molecule has 1 aliphatic rings. The van der Waals surface area contributed by atoms with E-state index in [0.29, 0.717) is 0 Å². The second kappa shape index (κ2) is 5.18. The van der Waals surface area contributed by atoms with Crippen LogP contribution in [-0.4, -0.2) is 25.0 Å². The molecule has 2 aromatic rings. The number of hydrogen-bond acceptors (Lipinski definition) is 2. The molecule has 2 aromatic carbocycles. The van der Waals surface area contributed by atoms with Crippen LogP contribution in [0, 0.1) is 3.57 Å². The van der Waals surface area contributed by atoms with Gasteiger partial charge in [-0.1, -0.05) is 18.2 Å². The molecule has 0 aromatic heterocycles. The molecular weight excluding hydrogens is 363 g/mol. The summed E-state index contributed by atoms with van der Waals surface area (Å²) in [5, 5.41) is 1.67. The molecule has 4 heteroatoms. The zero-order valence-corrected chi connectivity index (χ0v) is 13.6. The Hall–Kier alpha value is -1.40.